The van der Waals surface area contributed by atoms with E-state index in [9.17, 15) is 0 Å². The summed E-state index contributed by atoms with van der Waals surface area (Å²) in [4.78, 5) is 4.88. The highest BCUT2D eigenvalue weighted by Gasteiger charge is 2.19. The van der Waals surface area contributed by atoms with E-state index in [-0.39, 0.29) is 0 Å². The third-order valence-corrected chi connectivity index (χ3v) is 4.21. The van der Waals surface area contributed by atoms with Crippen molar-refractivity contribution >= 4 is 17.1 Å². The van der Waals surface area contributed by atoms with Gasteiger partial charge in [-0.15, -0.1) is 0 Å². The van der Waals surface area contributed by atoms with Crippen LogP contribution in [0.15, 0.2) is 48.5 Å². The quantitative estimate of drug-likeness (QED) is 0.653. The van der Waals surface area contributed by atoms with Gasteiger partial charge in [0.1, 0.15) is 5.82 Å². The van der Waals surface area contributed by atoms with E-state index in [1.807, 2.05) is 6.07 Å². The minimum atomic E-state index is 0.524. The van der Waals surface area contributed by atoms with Gasteiger partial charge in [0.2, 0.25) is 0 Å². The van der Waals surface area contributed by atoms with Gasteiger partial charge in [0, 0.05) is 17.7 Å². The van der Waals surface area contributed by atoms with Gasteiger partial charge in [0.05, 0.1) is 11.0 Å². The Bertz CT molecular complexity index is 839. The van der Waals surface area contributed by atoms with Crippen molar-refractivity contribution in [1.29, 1.82) is 0 Å². The molecule has 0 amide bonds. The van der Waals surface area contributed by atoms with Crippen LogP contribution in [0.1, 0.15) is 30.9 Å². The summed E-state index contributed by atoms with van der Waals surface area (Å²) in [5.74, 6) is 1.59. The molecule has 0 bridgehead atoms. The average molecular weight is 274 g/mol. The van der Waals surface area contributed by atoms with Crippen LogP contribution in [0.4, 0.5) is 0 Å². The number of hydrogen-bond acceptors (Lipinski definition) is 1. The third-order valence-electron chi connectivity index (χ3n) is 4.21. The topological polar surface area (TPSA) is 17.8 Å². The molecule has 0 aliphatic carbocycles. The number of aromatic nitrogens is 2. The Morgan fingerprint density at radius 3 is 2.62 bits per heavy atom. The Hall–Kier alpha value is -2.35. The summed E-state index contributed by atoms with van der Waals surface area (Å²) in [7, 11) is 0. The maximum Gasteiger partial charge on any atom is 0.141 e. The number of imidazole rings is 1. The molecule has 104 valence electrons. The summed E-state index contributed by atoms with van der Waals surface area (Å²) in [6.07, 6.45) is 4.50. The number of allylic oxidation sites excluding steroid dienone is 1. The van der Waals surface area contributed by atoms with Crippen molar-refractivity contribution in [3.05, 3.63) is 59.7 Å². The monoisotopic (exact) mass is 274 g/mol. The molecule has 0 saturated carbocycles. The van der Waals surface area contributed by atoms with Gasteiger partial charge in [-0.2, -0.15) is 0 Å². The van der Waals surface area contributed by atoms with E-state index in [0.717, 1.165) is 17.9 Å². The Labute approximate surface area is 124 Å². The van der Waals surface area contributed by atoms with Gasteiger partial charge in [0.25, 0.3) is 0 Å². The van der Waals surface area contributed by atoms with E-state index in [1.54, 1.807) is 0 Å². The van der Waals surface area contributed by atoms with Crippen LogP contribution in [0.3, 0.4) is 0 Å². The highest BCUT2D eigenvalue weighted by molar-refractivity contribution is 5.91. The van der Waals surface area contributed by atoms with Crippen molar-refractivity contribution in [2.24, 2.45) is 0 Å². The highest BCUT2D eigenvalue weighted by Crippen LogP contribution is 2.34. The summed E-state index contributed by atoms with van der Waals surface area (Å²) in [6.45, 7) is 5.40. The molecular weight excluding hydrogens is 256 g/mol. The highest BCUT2D eigenvalue weighted by atomic mass is 15.1. The fourth-order valence-corrected chi connectivity index (χ4v) is 3.21. The molecule has 2 nitrogen and oxygen atoms in total. The Morgan fingerprint density at radius 1 is 1.05 bits per heavy atom. The molecule has 2 aromatic carbocycles. The van der Waals surface area contributed by atoms with E-state index in [4.69, 9.17) is 4.98 Å². The number of hydrogen-bond donors (Lipinski definition) is 0. The SMILES string of the molecule is CC(C)c1ccc2nc(-c3ccccc3)n3c2c1C=CC3. The first-order valence-corrected chi connectivity index (χ1v) is 7.51. The van der Waals surface area contributed by atoms with Crippen molar-refractivity contribution in [1.82, 2.24) is 9.55 Å². The molecule has 1 aromatic heterocycles. The Morgan fingerprint density at radius 2 is 1.86 bits per heavy atom. The van der Waals surface area contributed by atoms with Gasteiger partial charge >= 0.3 is 0 Å². The van der Waals surface area contributed by atoms with Crippen LogP contribution < -0.4 is 0 Å². The Balaban J connectivity index is 2.05. The largest absolute Gasteiger partial charge is 0.320 e. The smallest absolute Gasteiger partial charge is 0.141 e. The van der Waals surface area contributed by atoms with Gasteiger partial charge in [-0.1, -0.05) is 62.4 Å². The molecule has 21 heavy (non-hydrogen) atoms. The first kappa shape index (κ1) is 12.4. The van der Waals surface area contributed by atoms with Gasteiger partial charge in [-0.25, -0.2) is 4.98 Å². The van der Waals surface area contributed by atoms with Gasteiger partial charge < -0.3 is 4.57 Å². The number of benzene rings is 2. The Kier molecular flexibility index (Phi) is 2.71. The molecule has 0 spiro atoms. The lowest BCUT2D eigenvalue weighted by Crippen LogP contribution is -2.05. The molecule has 0 N–H and O–H groups in total. The summed E-state index contributed by atoms with van der Waals surface area (Å²) < 4.78 is 2.34. The maximum atomic E-state index is 4.88. The third kappa shape index (κ3) is 1.83. The normalized spacial score (nSPS) is 13.3. The second-order valence-corrected chi connectivity index (χ2v) is 5.91. The predicted molar refractivity (Wildman–Crippen MR) is 88.3 cm³/mol. The minimum absolute atomic E-state index is 0.524. The first-order chi connectivity index (χ1) is 10.3. The summed E-state index contributed by atoms with van der Waals surface area (Å²) in [5.41, 5.74) is 6.30. The zero-order valence-electron chi connectivity index (χ0n) is 12.4. The van der Waals surface area contributed by atoms with Crippen molar-refractivity contribution < 1.29 is 0 Å². The number of nitrogens with zero attached hydrogens (tertiary/aromatic N) is 2. The van der Waals surface area contributed by atoms with Crippen LogP contribution >= 0.6 is 0 Å². The predicted octanol–water partition coefficient (Wildman–Crippen LogP) is 4.85. The zero-order valence-corrected chi connectivity index (χ0v) is 12.4. The van der Waals surface area contributed by atoms with Crippen molar-refractivity contribution in [2.45, 2.75) is 26.3 Å². The summed E-state index contributed by atoms with van der Waals surface area (Å²) in [6, 6.07) is 14.8. The van der Waals surface area contributed by atoms with Crippen LogP contribution in [0.25, 0.3) is 28.5 Å². The molecule has 4 rings (SSSR count). The fourth-order valence-electron chi connectivity index (χ4n) is 3.21. The molecule has 0 fully saturated rings. The van der Waals surface area contributed by atoms with Crippen LogP contribution in [0.5, 0.6) is 0 Å². The standard InChI is InChI=1S/C19H18N2/c1-13(2)15-10-11-17-18-16(15)9-6-12-21(18)19(20-17)14-7-4-3-5-8-14/h3-11,13H,12H2,1-2H3. The molecule has 0 saturated heterocycles. The molecule has 2 heterocycles. The van der Waals surface area contributed by atoms with Crippen molar-refractivity contribution in [3.63, 3.8) is 0 Å². The van der Waals surface area contributed by atoms with Gasteiger partial charge in [-0.3, -0.25) is 0 Å². The first-order valence-electron chi connectivity index (χ1n) is 7.51. The van der Waals surface area contributed by atoms with Crippen molar-refractivity contribution in [2.75, 3.05) is 0 Å². The van der Waals surface area contributed by atoms with Crippen LogP contribution in [0, 0.1) is 0 Å². The molecule has 2 heteroatoms. The van der Waals surface area contributed by atoms with E-state index in [2.05, 4.69) is 67.0 Å². The minimum Gasteiger partial charge on any atom is -0.320 e. The van der Waals surface area contributed by atoms with Crippen LogP contribution in [0.2, 0.25) is 0 Å². The molecule has 3 aromatic rings. The lowest BCUT2D eigenvalue weighted by atomic mass is 9.94. The molecule has 1 aliphatic rings. The number of rotatable bonds is 2. The lowest BCUT2D eigenvalue weighted by Gasteiger charge is -2.17. The summed E-state index contributed by atoms with van der Waals surface area (Å²) >= 11 is 0. The van der Waals surface area contributed by atoms with E-state index < -0.39 is 0 Å². The molecule has 1 aliphatic heterocycles. The fraction of sp³-hybridized carbons (Fsp3) is 0.211. The van der Waals surface area contributed by atoms with E-state index >= 15 is 0 Å². The van der Waals surface area contributed by atoms with Crippen molar-refractivity contribution in [3.8, 4) is 11.4 Å². The van der Waals surface area contributed by atoms with Gasteiger partial charge in [0.15, 0.2) is 0 Å². The second kappa shape index (κ2) is 4.59. The maximum absolute atomic E-state index is 4.88. The molecule has 0 radical (unpaired) electrons. The molecule has 0 unspecified atom stereocenters. The van der Waals surface area contributed by atoms with E-state index in [0.29, 0.717) is 5.92 Å². The zero-order chi connectivity index (χ0) is 14.4. The van der Waals surface area contributed by atoms with Gasteiger partial charge in [-0.05, 0) is 17.5 Å². The molecule has 0 atom stereocenters. The molecular formula is C19H18N2. The summed E-state index contributed by atoms with van der Waals surface area (Å²) in [5, 5.41) is 0. The van der Waals surface area contributed by atoms with Crippen LogP contribution in [-0.2, 0) is 6.54 Å². The average Bonchev–Trinajstić information content (AvgIpc) is 2.89. The second-order valence-electron chi connectivity index (χ2n) is 5.91. The van der Waals surface area contributed by atoms with Crippen LogP contribution in [-0.4, -0.2) is 9.55 Å². The lowest BCUT2D eigenvalue weighted by molar-refractivity contribution is 0.838. The van der Waals surface area contributed by atoms with E-state index in [1.165, 1.54) is 22.2 Å².